The van der Waals surface area contributed by atoms with Crippen LogP contribution in [0.2, 0.25) is 0 Å². The molecule has 2 saturated heterocycles. The van der Waals surface area contributed by atoms with Crippen molar-refractivity contribution < 1.29 is 18.7 Å². The fraction of sp³-hybridized carbons (Fsp3) is 0.429. The molecule has 7 heteroatoms. The highest BCUT2D eigenvalue weighted by atomic mass is 19.1. The SMILES string of the molecule is COc1ccc(CN2CCC3(CC2)CN(c2ccc(F)cc2)C(=O)CO3)cn1. The van der Waals surface area contributed by atoms with Crippen molar-refractivity contribution in [1.29, 1.82) is 0 Å². The number of methoxy groups -OCH3 is 1. The number of aromatic nitrogens is 1. The first-order chi connectivity index (χ1) is 13.6. The molecule has 2 aliphatic rings. The zero-order valence-electron chi connectivity index (χ0n) is 15.9. The molecular weight excluding hydrogens is 361 g/mol. The van der Waals surface area contributed by atoms with Crippen LogP contribution >= 0.6 is 0 Å². The third-order valence-electron chi connectivity index (χ3n) is 5.57. The van der Waals surface area contributed by atoms with Crippen LogP contribution in [0.15, 0.2) is 42.6 Å². The molecule has 0 saturated carbocycles. The van der Waals surface area contributed by atoms with E-state index >= 15 is 0 Å². The number of benzene rings is 1. The molecule has 28 heavy (non-hydrogen) atoms. The van der Waals surface area contributed by atoms with Gasteiger partial charge in [0.1, 0.15) is 12.4 Å². The van der Waals surface area contributed by atoms with E-state index in [2.05, 4.69) is 9.88 Å². The summed E-state index contributed by atoms with van der Waals surface area (Å²) < 4.78 is 24.3. The molecule has 0 atom stereocenters. The average molecular weight is 385 g/mol. The van der Waals surface area contributed by atoms with E-state index in [-0.39, 0.29) is 23.9 Å². The first kappa shape index (κ1) is 18.8. The number of amides is 1. The van der Waals surface area contributed by atoms with Gasteiger partial charge in [0.15, 0.2) is 0 Å². The maximum absolute atomic E-state index is 13.2. The lowest BCUT2D eigenvalue weighted by molar-refractivity contribution is -0.144. The quantitative estimate of drug-likeness (QED) is 0.810. The number of piperidine rings is 1. The highest BCUT2D eigenvalue weighted by Crippen LogP contribution is 2.33. The van der Waals surface area contributed by atoms with E-state index in [1.54, 1.807) is 24.1 Å². The second-order valence-corrected chi connectivity index (χ2v) is 7.41. The van der Waals surface area contributed by atoms with E-state index in [1.165, 1.54) is 12.1 Å². The molecule has 4 rings (SSSR count). The second-order valence-electron chi connectivity index (χ2n) is 7.41. The van der Waals surface area contributed by atoms with Crippen molar-refractivity contribution in [3.63, 3.8) is 0 Å². The Hall–Kier alpha value is -2.51. The van der Waals surface area contributed by atoms with Gasteiger partial charge in [-0.25, -0.2) is 9.37 Å². The Morgan fingerprint density at radius 3 is 2.57 bits per heavy atom. The van der Waals surface area contributed by atoms with Crippen molar-refractivity contribution in [2.45, 2.75) is 25.0 Å². The Bertz CT molecular complexity index is 818. The summed E-state index contributed by atoms with van der Waals surface area (Å²) >= 11 is 0. The van der Waals surface area contributed by atoms with Crippen LogP contribution < -0.4 is 9.64 Å². The molecule has 2 aromatic rings. The number of anilines is 1. The first-order valence-electron chi connectivity index (χ1n) is 9.48. The molecule has 6 nitrogen and oxygen atoms in total. The van der Waals surface area contributed by atoms with E-state index in [4.69, 9.17) is 9.47 Å². The summed E-state index contributed by atoms with van der Waals surface area (Å²) in [7, 11) is 1.61. The number of nitrogens with zero attached hydrogens (tertiary/aromatic N) is 3. The van der Waals surface area contributed by atoms with Crippen LogP contribution in [0.3, 0.4) is 0 Å². The summed E-state index contributed by atoms with van der Waals surface area (Å²) in [6, 6.07) is 9.97. The van der Waals surface area contributed by atoms with Crippen LogP contribution in [-0.2, 0) is 16.1 Å². The van der Waals surface area contributed by atoms with Crippen LogP contribution in [0.4, 0.5) is 10.1 Å². The van der Waals surface area contributed by atoms with Gasteiger partial charge in [0.05, 0.1) is 19.3 Å². The summed E-state index contributed by atoms with van der Waals surface area (Å²) in [4.78, 5) is 20.7. The number of rotatable bonds is 4. The monoisotopic (exact) mass is 385 g/mol. The van der Waals surface area contributed by atoms with E-state index in [9.17, 15) is 9.18 Å². The molecule has 1 spiro atoms. The molecule has 1 aromatic carbocycles. The summed E-state index contributed by atoms with van der Waals surface area (Å²) in [5.74, 6) is 0.229. The van der Waals surface area contributed by atoms with E-state index in [0.717, 1.165) is 43.7 Å². The molecule has 1 aromatic heterocycles. The Balaban J connectivity index is 1.38. The summed E-state index contributed by atoms with van der Waals surface area (Å²) in [5.41, 5.74) is 1.53. The number of likely N-dealkylation sites (tertiary alicyclic amines) is 1. The molecule has 0 bridgehead atoms. The van der Waals surface area contributed by atoms with E-state index < -0.39 is 0 Å². The Kier molecular flexibility index (Phi) is 5.28. The third kappa shape index (κ3) is 4.00. The standard InChI is InChI=1S/C21H24FN3O3/c1-27-19-7-2-16(12-23-19)13-24-10-8-21(9-11-24)15-25(20(26)14-28-21)18-5-3-17(22)4-6-18/h2-7,12H,8-11,13-15H2,1H3. The molecule has 2 aliphatic heterocycles. The number of hydrogen-bond acceptors (Lipinski definition) is 5. The normalized spacial score (nSPS) is 19.8. The van der Waals surface area contributed by atoms with Crippen LogP contribution in [0.5, 0.6) is 5.88 Å². The molecule has 3 heterocycles. The van der Waals surface area contributed by atoms with Crippen molar-refractivity contribution in [3.05, 3.63) is 54.0 Å². The maximum Gasteiger partial charge on any atom is 0.253 e. The van der Waals surface area contributed by atoms with Gasteiger partial charge in [0, 0.05) is 37.6 Å². The van der Waals surface area contributed by atoms with Crippen LogP contribution in [-0.4, -0.2) is 54.7 Å². The molecule has 0 aliphatic carbocycles. The largest absolute Gasteiger partial charge is 0.481 e. The van der Waals surface area contributed by atoms with Crippen molar-refractivity contribution in [1.82, 2.24) is 9.88 Å². The Morgan fingerprint density at radius 2 is 1.93 bits per heavy atom. The molecule has 148 valence electrons. The van der Waals surface area contributed by atoms with Crippen LogP contribution in [0, 0.1) is 5.82 Å². The predicted octanol–water partition coefficient (Wildman–Crippen LogP) is 2.63. The van der Waals surface area contributed by atoms with Gasteiger partial charge >= 0.3 is 0 Å². The van der Waals surface area contributed by atoms with Gasteiger partial charge in [-0.2, -0.15) is 0 Å². The minimum absolute atomic E-state index is 0.0692. The molecular formula is C21H24FN3O3. The lowest BCUT2D eigenvalue weighted by atomic mass is 9.89. The number of halogens is 1. The van der Waals surface area contributed by atoms with Crippen molar-refractivity contribution in [2.75, 3.05) is 38.3 Å². The van der Waals surface area contributed by atoms with E-state index in [1.807, 2.05) is 18.3 Å². The second kappa shape index (κ2) is 7.85. The van der Waals surface area contributed by atoms with Gasteiger partial charge in [-0.3, -0.25) is 9.69 Å². The van der Waals surface area contributed by atoms with Gasteiger partial charge in [0.2, 0.25) is 5.88 Å². The number of pyridine rings is 1. The minimum Gasteiger partial charge on any atom is -0.481 e. The van der Waals surface area contributed by atoms with E-state index in [0.29, 0.717) is 12.4 Å². The molecule has 2 fully saturated rings. The number of ether oxygens (including phenoxy) is 2. The van der Waals surface area contributed by atoms with Crippen LogP contribution in [0.25, 0.3) is 0 Å². The van der Waals surface area contributed by atoms with Gasteiger partial charge in [0.25, 0.3) is 5.91 Å². The molecule has 0 radical (unpaired) electrons. The lowest BCUT2D eigenvalue weighted by Crippen LogP contribution is -2.58. The van der Waals surface area contributed by atoms with Gasteiger partial charge < -0.3 is 14.4 Å². The number of morpholine rings is 1. The first-order valence-corrected chi connectivity index (χ1v) is 9.48. The highest BCUT2D eigenvalue weighted by molar-refractivity contribution is 5.95. The number of hydrogen-bond donors (Lipinski definition) is 0. The average Bonchev–Trinajstić information content (AvgIpc) is 2.73. The summed E-state index contributed by atoms with van der Waals surface area (Å²) in [6.45, 7) is 3.18. The minimum atomic E-state index is -0.336. The van der Waals surface area contributed by atoms with Crippen LogP contribution in [0.1, 0.15) is 18.4 Å². The fourth-order valence-electron chi connectivity index (χ4n) is 3.88. The Labute approximate surface area is 163 Å². The zero-order chi connectivity index (χ0) is 19.6. The fourth-order valence-corrected chi connectivity index (χ4v) is 3.88. The van der Waals surface area contributed by atoms with Gasteiger partial charge in [-0.1, -0.05) is 6.07 Å². The topological polar surface area (TPSA) is 54.9 Å². The molecule has 0 unspecified atom stereocenters. The van der Waals surface area contributed by atoms with Gasteiger partial charge in [-0.15, -0.1) is 0 Å². The predicted molar refractivity (Wildman–Crippen MR) is 103 cm³/mol. The highest BCUT2D eigenvalue weighted by Gasteiger charge is 2.42. The zero-order valence-corrected chi connectivity index (χ0v) is 15.9. The van der Waals surface area contributed by atoms with Crippen molar-refractivity contribution >= 4 is 11.6 Å². The van der Waals surface area contributed by atoms with Crippen molar-refractivity contribution in [2.24, 2.45) is 0 Å². The van der Waals surface area contributed by atoms with Gasteiger partial charge in [-0.05, 0) is 42.7 Å². The summed E-state index contributed by atoms with van der Waals surface area (Å²) in [6.07, 6.45) is 3.54. The summed E-state index contributed by atoms with van der Waals surface area (Å²) in [5, 5.41) is 0. The molecule has 0 N–H and O–H groups in total. The smallest absolute Gasteiger partial charge is 0.253 e. The third-order valence-corrected chi connectivity index (χ3v) is 5.57. The maximum atomic E-state index is 13.2. The lowest BCUT2D eigenvalue weighted by Gasteiger charge is -2.47. The Morgan fingerprint density at radius 1 is 1.18 bits per heavy atom. The van der Waals surface area contributed by atoms with Crippen molar-refractivity contribution in [3.8, 4) is 5.88 Å². The molecule has 1 amide bonds. The number of carbonyl (C=O) groups excluding carboxylic acids is 1. The number of carbonyl (C=O) groups is 1.